The number of aromatic nitrogens is 1. The third-order valence-corrected chi connectivity index (χ3v) is 3.95. The second-order valence-electron chi connectivity index (χ2n) is 5.19. The highest BCUT2D eigenvalue weighted by atomic mass is 32.2. The highest BCUT2D eigenvalue weighted by Crippen LogP contribution is 2.26. The van der Waals surface area contributed by atoms with Crippen molar-refractivity contribution in [3.8, 4) is 0 Å². The van der Waals surface area contributed by atoms with E-state index in [-0.39, 0.29) is 12.1 Å². The van der Waals surface area contributed by atoms with Crippen LogP contribution in [0.1, 0.15) is 6.92 Å². The average molecular weight is 382 g/mol. The molecular weight excluding hydrogens is 366 g/mol. The summed E-state index contributed by atoms with van der Waals surface area (Å²) in [6.45, 7) is 1.08. The molecule has 2 rings (SSSR count). The molecule has 0 fully saturated rings. The summed E-state index contributed by atoms with van der Waals surface area (Å²) in [7, 11) is 0. The lowest BCUT2D eigenvalue weighted by Crippen LogP contribution is -2.32. The molecule has 26 heavy (non-hydrogen) atoms. The number of anilines is 1. The van der Waals surface area contributed by atoms with E-state index in [4.69, 9.17) is 4.74 Å². The lowest BCUT2D eigenvalue weighted by atomic mass is 10.3. The van der Waals surface area contributed by atoms with Crippen molar-refractivity contribution >= 4 is 29.3 Å². The zero-order chi connectivity index (χ0) is 19.1. The first-order valence-electron chi connectivity index (χ1n) is 7.56. The van der Waals surface area contributed by atoms with Crippen LogP contribution in [0.2, 0.25) is 0 Å². The number of thioether (sulfide) groups is 1. The van der Waals surface area contributed by atoms with Crippen LogP contribution >= 0.6 is 11.8 Å². The minimum atomic E-state index is -2.52. The molecule has 2 aromatic rings. The van der Waals surface area contributed by atoms with Crippen LogP contribution in [0.5, 0.6) is 0 Å². The molecule has 1 N–H and O–H groups in total. The number of rotatable bonds is 7. The Morgan fingerprint density at radius 2 is 1.88 bits per heavy atom. The summed E-state index contributed by atoms with van der Waals surface area (Å²) in [6, 6.07) is 10.3. The summed E-state index contributed by atoms with van der Waals surface area (Å²) in [5.74, 6) is -3.83. The van der Waals surface area contributed by atoms with Crippen molar-refractivity contribution in [2.24, 2.45) is 0 Å². The van der Waals surface area contributed by atoms with E-state index in [0.29, 0.717) is 22.3 Å². The van der Waals surface area contributed by atoms with Gasteiger partial charge in [-0.15, -0.1) is 0 Å². The van der Waals surface area contributed by atoms with Crippen molar-refractivity contribution in [3.05, 3.63) is 59.0 Å². The number of nitrogens with zero attached hydrogens (tertiary/aromatic N) is 1. The molecule has 0 saturated heterocycles. The predicted molar refractivity (Wildman–Crippen MR) is 93.2 cm³/mol. The van der Waals surface area contributed by atoms with Gasteiger partial charge in [-0.3, -0.25) is 14.4 Å². The molecule has 1 heterocycles. The molecule has 6 nitrogen and oxygen atoms in total. The van der Waals surface area contributed by atoms with Gasteiger partial charge in [0.15, 0.2) is 6.10 Å². The average Bonchev–Trinajstić information content (AvgIpc) is 2.58. The van der Waals surface area contributed by atoms with E-state index in [1.807, 2.05) is 0 Å². The van der Waals surface area contributed by atoms with Gasteiger partial charge in [-0.2, -0.15) is 8.78 Å². The molecule has 1 aromatic heterocycles. The molecule has 0 saturated carbocycles. The maximum atomic E-state index is 12.3. The van der Waals surface area contributed by atoms with Crippen LogP contribution in [-0.2, 0) is 20.9 Å². The van der Waals surface area contributed by atoms with Gasteiger partial charge in [0.25, 0.3) is 17.2 Å². The first kappa shape index (κ1) is 19.6. The minimum Gasteiger partial charge on any atom is -0.451 e. The zero-order valence-corrected chi connectivity index (χ0v) is 14.5. The van der Waals surface area contributed by atoms with Crippen molar-refractivity contribution in [1.82, 2.24) is 4.57 Å². The SMILES string of the molecule is C[C@H](OC(=O)Cn1ccccc1=O)C(=O)Nc1ccc(SC(F)F)cc1. The van der Waals surface area contributed by atoms with Crippen molar-refractivity contribution in [2.75, 3.05) is 5.32 Å². The standard InChI is InChI=1S/C17H16F2N2O4S/c1-11(25-15(23)10-21-9-3-2-4-14(21)22)16(24)20-12-5-7-13(8-6-12)26-17(18)19/h2-9,11,17H,10H2,1H3,(H,20,24)/t11-/m0/s1. The Hall–Kier alpha value is -2.68. The van der Waals surface area contributed by atoms with E-state index in [1.54, 1.807) is 12.1 Å². The summed E-state index contributed by atoms with van der Waals surface area (Å²) in [4.78, 5) is 35.8. The molecule has 1 atom stereocenters. The van der Waals surface area contributed by atoms with Crippen LogP contribution in [0.25, 0.3) is 0 Å². The predicted octanol–water partition coefficient (Wildman–Crippen LogP) is 2.73. The van der Waals surface area contributed by atoms with Crippen LogP contribution in [0, 0.1) is 0 Å². The number of nitrogens with one attached hydrogen (secondary N) is 1. The molecule has 1 aromatic carbocycles. The van der Waals surface area contributed by atoms with Crippen LogP contribution in [-0.4, -0.2) is 28.3 Å². The number of carbonyl (C=O) groups excluding carboxylic acids is 2. The second-order valence-corrected chi connectivity index (χ2v) is 6.25. The van der Waals surface area contributed by atoms with Gasteiger partial charge in [0.05, 0.1) is 0 Å². The first-order valence-corrected chi connectivity index (χ1v) is 8.44. The molecule has 1 amide bonds. The van der Waals surface area contributed by atoms with Crippen molar-refractivity contribution in [3.63, 3.8) is 0 Å². The van der Waals surface area contributed by atoms with E-state index < -0.39 is 23.7 Å². The van der Waals surface area contributed by atoms with Crippen LogP contribution < -0.4 is 10.9 Å². The monoisotopic (exact) mass is 382 g/mol. The third-order valence-electron chi connectivity index (χ3n) is 3.22. The fourth-order valence-electron chi connectivity index (χ4n) is 1.98. The molecule has 0 spiro atoms. The van der Waals surface area contributed by atoms with Gasteiger partial charge in [0.2, 0.25) is 0 Å². The molecule has 0 radical (unpaired) electrons. The van der Waals surface area contributed by atoms with Crippen LogP contribution in [0.15, 0.2) is 58.4 Å². The maximum absolute atomic E-state index is 12.3. The highest BCUT2D eigenvalue weighted by Gasteiger charge is 2.18. The number of halogens is 2. The van der Waals surface area contributed by atoms with Gasteiger partial charge < -0.3 is 14.6 Å². The normalized spacial score (nSPS) is 11.8. The maximum Gasteiger partial charge on any atom is 0.326 e. The molecule has 138 valence electrons. The number of ether oxygens (including phenoxy) is 1. The van der Waals surface area contributed by atoms with E-state index in [9.17, 15) is 23.2 Å². The molecule has 0 aliphatic heterocycles. The van der Waals surface area contributed by atoms with E-state index >= 15 is 0 Å². The lowest BCUT2D eigenvalue weighted by Gasteiger charge is -2.14. The molecule has 0 unspecified atom stereocenters. The molecule has 0 bridgehead atoms. The Labute approximate surface area is 152 Å². The van der Waals surface area contributed by atoms with Gasteiger partial charge in [-0.25, -0.2) is 0 Å². The number of hydrogen-bond donors (Lipinski definition) is 1. The number of carbonyl (C=O) groups is 2. The van der Waals surface area contributed by atoms with Crippen LogP contribution in [0.3, 0.4) is 0 Å². The third kappa shape index (κ3) is 5.99. The number of amides is 1. The zero-order valence-electron chi connectivity index (χ0n) is 13.7. The smallest absolute Gasteiger partial charge is 0.326 e. The van der Waals surface area contributed by atoms with Gasteiger partial charge in [0, 0.05) is 22.8 Å². The highest BCUT2D eigenvalue weighted by molar-refractivity contribution is 7.99. The number of hydrogen-bond acceptors (Lipinski definition) is 5. The Morgan fingerprint density at radius 3 is 2.50 bits per heavy atom. The molecular formula is C17H16F2N2O4S. The Morgan fingerprint density at radius 1 is 1.19 bits per heavy atom. The van der Waals surface area contributed by atoms with Gasteiger partial charge >= 0.3 is 5.97 Å². The first-order chi connectivity index (χ1) is 12.3. The summed E-state index contributed by atoms with van der Waals surface area (Å²) in [6.07, 6.45) is 0.352. The number of pyridine rings is 1. The summed E-state index contributed by atoms with van der Waals surface area (Å²) in [5, 5.41) is 2.52. The quantitative estimate of drug-likeness (QED) is 0.589. The fraction of sp³-hybridized carbons (Fsp3) is 0.235. The number of esters is 1. The molecule has 0 aliphatic rings. The van der Waals surface area contributed by atoms with Gasteiger partial charge in [-0.05, 0) is 37.3 Å². The summed E-state index contributed by atoms with van der Waals surface area (Å²) < 4.78 is 30.7. The van der Waals surface area contributed by atoms with Crippen molar-refractivity contribution < 1.29 is 23.1 Å². The van der Waals surface area contributed by atoms with Crippen molar-refractivity contribution in [2.45, 2.75) is 30.2 Å². The Balaban J connectivity index is 1.88. The number of alkyl halides is 2. The molecule has 0 aliphatic carbocycles. The summed E-state index contributed by atoms with van der Waals surface area (Å²) >= 11 is 0.400. The van der Waals surface area contributed by atoms with E-state index in [0.717, 1.165) is 4.57 Å². The fourth-order valence-corrected chi connectivity index (χ4v) is 2.48. The Bertz CT molecular complexity index is 824. The molecule has 9 heteroatoms. The van der Waals surface area contributed by atoms with Crippen LogP contribution in [0.4, 0.5) is 14.5 Å². The lowest BCUT2D eigenvalue weighted by molar-refractivity contribution is -0.153. The van der Waals surface area contributed by atoms with Gasteiger partial charge in [-0.1, -0.05) is 17.8 Å². The second kappa shape index (κ2) is 9.14. The van der Waals surface area contributed by atoms with E-state index in [2.05, 4.69) is 5.32 Å². The minimum absolute atomic E-state index is 0.309. The number of benzene rings is 1. The van der Waals surface area contributed by atoms with Gasteiger partial charge in [0.1, 0.15) is 6.54 Å². The van der Waals surface area contributed by atoms with Crippen molar-refractivity contribution in [1.29, 1.82) is 0 Å². The van der Waals surface area contributed by atoms with E-state index in [1.165, 1.54) is 43.5 Å². The summed E-state index contributed by atoms with van der Waals surface area (Å²) in [5.41, 5.74) is 0.0269. The largest absolute Gasteiger partial charge is 0.451 e. The Kier molecular flexibility index (Phi) is 6.90. The topological polar surface area (TPSA) is 77.4 Å².